The van der Waals surface area contributed by atoms with Crippen LogP contribution in [0.5, 0.6) is 0 Å². The molecule has 84 valence electrons. The molecule has 0 aliphatic rings. The van der Waals surface area contributed by atoms with E-state index in [0.29, 0.717) is 0 Å². The minimum Gasteiger partial charge on any atom is -0.187 e. The van der Waals surface area contributed by atoms with Crippen LogP contribution >= 0.6 is 0 Å². The van der Waals surface area contributed by atoms with Crippen LogP contribution < -0.4 is 0 Å². The predicted molar refractivity (Wildman–Crippen MR) is 29.7 cm³/mol. The predicted octanol–water partition coefficient (Wildman–Crippen LogP) is 1.80. The molecule has 0 aliphatic carbocycles. The summed E-state index contributed by atoms with van der Waals surface area (Å²) in [4.78, 5) is 6.32. The molecule has 1 aromatic rings. The molecule has 3 nitrogen and oxygen atoms in total. The lowest BCUT2D eigenvalue weighted by atomic mass is 10.3. The molecule has 1 aromatic heterocycles. The summed E-state index contributed by atoms with van der Waals surface area (Å²) in [5.41, 5.74) is 0. The summed E-state index contributed by atoms with van der Waals surface area (Å²) in [7, 11) is 0. The van der Waals surface area contributed by atoms with E-state index in [1.54, 1.807) is 0 Å². The number of hydrogen-bond acceptors (Lipinski definition) is 3. The maximum absolute atomic E-state index is 12.4. The fourth-order valence-corrected chi connectivity index (χ4v) is 0.593. The van der Waals surface area contributed by atoms with Crippen LogP contribution in [0.3, 0.4) is 0 Å². The fourth-order valence-electron chi connectivity index (χ4n) is 0.593. The summed E-state index contributed by atoms with van der Waals surface area (Å²) in [5, 5.41) is 0. The Bertz CT molecular complexity index is 353. The van der Waals surface area contributed by atoms with Gasteiger partial charge < -0.3 is 0 Å². The average molecular weight is 235 g/mol. The van der Waals surface area contributed by atoms with Gasteiger partial charge in [-0.05, 0) is 0 Å². The Hall–Kier alpha value is -1.48. The van der Waals surface area contributed by atoms with Crippen molar-refractivity contribution in [2.24, 2.45) is 0 Å². The van der Waals surface area contributed by atoms with E-state index in [9.17, 15) is 30.7 Å². The molecule has 0 bridgehead atoms. The Labute approximate surface area is 77.0 Å². The fraction of sp³-hybridized carbons (Fsp3) is 0.400. The number of alkyl halides is 5. The Morgan fingerprint density at radius 3 is 1.47 bits per heavy atom. The van der Waals surface area contributed by atoms with Crippen molar-refractivity contribution in [1.29, 1.82) is 0 Å². The summed E-state index contributed by atoms with van der Waals surface area (Å²) < 4.78 is 84.2. The van der Waals surface area contributed by atoms with Crippen molar-refractivity contribution in [3.8, 4) is 0 Å². The van der Waals surface area contributed by atoms with Crippen molar-refractivity contribution in [2.45, 2.75) is 12.1 Å². The molecule has 0 aliphatic heterocycles. The SMILES string of the molecule is Fc1nc(F)nc(C(F)(F)C(F)(F)F)n1. The molecule has 0 amide bonds. The van der Waals surface area contributed by atoms with Gasteiger partial charge in [0.05, 0.1) is 0 Å². The van der Waals surface area contributed by atoms with Gasteiger partial charge in [0, 0.05) is 0 Å². The van der Waals surface area contributed by atoms with Crippen LogP contribution in [0.15, 0.2) is 0 Å². The molecule has 1 rings (SSSR count). The summed E-state index contributed by atoms with van der Waals surface area (Å²) in [6, 6.07) is 0. The Morgan fingerprint density at radius 1 is 0.733 bits per heavy atom. The summed E-state index contributed by atoms with van der Waals surface area (Å²) in [5.74, 6) is -7.85. The maximum Gasteiger partial charge on any atom is 0.461 e. The zero-order chi connectivity index (χ0) is 11.9. The number of hydrogen-bond donors (Lipinski definition) is 0. The van der Waals surface area contributed by atoms with Crippen molar-refractivity contribution in [1.82, 2.24) is 15.0 Å². The molecule has 15 heavy (non-hydrogen) atoms. The quantitative estimate of drug-likeness (QED) is 0.696. The van der Waals surface area contributed by atoms with Crippen LogP contribution in [-0.2, 0) is 5.92 Å². The molecule has 0 saturated heterocycles. The highest BCUT2D eigenvalue weighted by atomic mass is 19.4. The van der Waals surface area contributed by atoms with Gasteiger partial charge in [-0.15, -0.1) is 0 Å². The minimum absolute atomic E-state index is 2.05. The molecule has 10 heteroatoms. The van der Waals surface area contributed by atoms with Crippen LogP contribution in [0.2, 0.25) is 0 Å². The second kappa shape index (κ2) is 3.28. The molecule has 0 spiro atoms. The van der Waals surface area contributed by atoms with E-state index in [0.717, 1.165) is 0 Å². The summed E-state index contributed by atoms with van der Waals surface area (Å²) >= 11 is 0. The molecule has 0 atom stereocenters. The average Bonchev–Trinajstić information content (AvgIpc) is 1.99. The number of aromatic nitrogens is 3. The topological polar surface area (TPSA) is 38.7 Å². The first-order chi connectivity index (χ1) is 6.64. The number of halogens is 7. The summed E-state index contributed by atoms with van der Waals surface area (Å²) in [6.07, 6.45) is -10.1. The van der Waals surface area contributed by atoms with Crippen molar-refractivity contribution in [3.63, 3.8) is 0 Å². The van der Waals surface area contributed by atoms with Crippen LogP contribution in [-0.4, -0.2) is 21.1 Å². The van der Waals surface area contributed by atoms with E-state index >= 15 is 0 Å². The molecule has 0 radical (unpaired) electrons. The summed E-state index contributed by atoms with van der Waals surface area (Å²) in [6.45, 7) is 0. The lowest BCUT2D eigenvalue weighted by Crippen LogP contribution is -2.36. The highest BCUT2D eigenvalue weighted by Crippen LogP contribution is 2.41. The highest BCUT2D eigenvalue weighted by Gasteiger charge is 2.61. The van der Waals surface area contributed by atoms with Crippen LogP contribution in [0.4, 0.5) is 30.7 Å². The second-order valence-corrected chi connectivity index (χ2v) is 2.27. The van der Waals surface area contributed by atoms with Crippen LogP contribution in [0.1, 0.15) is 5.82 Å². The minimum atomic E-state index is -6.03. The largest absolute Gasteiger partial charge is 0.461 e. The van der Waals surface area contributed by atoms with Crippen LogP contribution in [0.25, 0.3) is 0 Å². The van der Waals surface area contributed by atoms with Gasteiger partial charge in [0.15, 0.2) is 0 Å². The van der Waals surface area contributed by atoms with Gasteiger partial charge in [-0.25, -0.2) is 0 Å². The van der Waals surface area contributed by atoms with Gasteiger partial charge in [0.1, 0.15) is 0 Å². The number of nitrogens with zero attached hydrogens (tertiary/aromatic N) is 3. The third kappa shape index (κ3) is 2.13. The van der Waals surface area contributed by atoms with E-state index in [1.165, 1.54) is 0 Å². The normalized spacial score (nSPS) is 13.0. The second-order valence-electron chi connectivity index (χ2n) is 2.27. The molecular weight excluding hydrogens is 235 g/mol. The lowest BCUT2D eigenvalue weighted by Gasteiger charge is -2.17. The first kappa shape index (κ1) is 11.6. The Kier molecular flexibility index (Phi) is 2.53. The zero-order valence-electron chi connectivity index (χ0n) is 6.49. The van der Waals surface area contributed by atoms with Crippen molar-refractivity contribution in [3.05, 3.63) is 18.0 Å². The molecule has 0 N–H and O–H groups in total. The van der Waals surface area contributed by atoms with Gasteiger partial charge in [0.2, 0.25) is 5.82 Å². The van der Waals surface area contributed by atoms with Crippen molar-refractivity contribution in [2.75, 3.05) is 0 Å². The smallest absolute Gasteiger partial charge is 0.187 e. The van der Waals surface area contributed by atoms with E-state index in [2.05, 4.69) is 15.0 Å². The number of rotatable bonds is 1. The van der Waals surface area contributed by atoms with Crippen molar-refractivity contribution < 1.29 is 30.7 Å². The van der Waals surface area contributed by atoms with E-state index in [4.69, 9.17) is 0 Å². The Balaban J connectivity index is 3.27. The first-order valence-corrected chi connectivity index (χ1v) is 3.16. The van der Waals surface area contributed by atoms with E-state index < -0.39 is 30.1 Å². The molecule has 0 unspecified atom stereocenters. The lowest BCUT2D eigenvalue weighted by molar-refractivity contribution is -0.293. The standard InChI is InChI=1S/C5F7N3/c6-2-13-1(14-3(7)15-2)4(8,9)5(10,11)12. The first-order valence-electron chi connectivity index (χ1n) is 3.16. The van der Waals surface area contributed by atoms with Gasteiger partial charge in [-0.3, -0.25) is 0 Å². The Morgan fingerprint density at radius 2 is 1.13 bits per heavy atom. The third-order valence-electron chi connectivity index (χ3n) is 1.22. The van der Waals surface area contributed by atoms with Gasteiger partial charge in [0.25, 0.3) is 0 Å². The molecular formula is C5F7N3. The molecule has 0 fully saturated rings. The van der Waals surface area contributed by atoms with Crippen molar-refractivity contribution >= 4 is 0 Å². The molecule has 0 aromatic carbocycles. The zero-order valence-corrected chi connectivity index (χ0v) is 6.49. The van der Waals surface area contributed by atoms with E-state index in [1.807, 2.05) is 0 Å². The maximum atomic E-state index is 12.4. The van der Waals surface area contributed by atoms with Gasteiger partial charge in [-0.1, -0.05) is 0 Å². The molecule has 1 heterocycles. The van der Waals surface area contributed by atoms with Gasteiger partial charge >= 0.3 is 24.3 Å². The van der Waals surface area contributed by atoms with E-state index in [-0.39, 0.29) is 0 Å². The highest BCUT2D eigenvalue weighted by molar-refractivity contribution is 4.98. The van der Waals surface area contributed by atoms with Crippen LogP contribution in [0, 0.1) is 12.2 Å². The third-order valence-corrected chi connectivity index (χ3v) is 1.22. The van der Waals surface area contributed by atoms with Gasteiger partial charge in [-0.2, -0.15) is 45.7 Å². The monoisotopic (exact) mass is 235 g/mol. The molecule has 0 saturated carbocycles.